The number of hydrogen-bond donors (Lipinski definition) is 0. The molecule has 0 bridgehead atoms. The maximum absolute atomic E-state index is 11.6. The minimum Gasteiger partial charge on any atom is -0.374 e. The van der Waals surface area contributed by atoms with Gasteiger partial charge in [-0.05, 0) is 12.1 Å². The molecule has 0 aliphatic rings. The van der Waals surface area contributed by atoms with Gasteiger partial charge in [0.1, 0.15) is 0 Å². The van der Waals surface area contributed by atoms with Crippen LogP contribution in [-0.4, -0.2) is 38.9 Å². The van der Waals surface area contributed by atoms with Gasteiger partial charge in [-0.3, -0.25) is 14.0 Å². The molecule has 0 spiro atoms. The summed E-state index contributed by atoms with van der Waals surface area (Å²) in [6.07, 6.45) is 3.26. The van der Waals surface area contributed by atoms with Gasteiger partial charge in [0.15, 0.2) is 5.78 Å². The van der Waals surface area contributed by atoms with E-state index >= 15 is 0 Å². The Kier molecular flexibility index (Phi) is 6.54. The number of pyridine rings is 1. The summed E-state index contributed by atoms with van der Waals surface area (Å²) in [5.74, 6) is 0.477. The average Bonchev–Trinajstić information content (AvgIpc) is 2.34. The van der Waals surface area contributed by atoms with Gasteiger partial charge in [0.05, 0.1) is 24.2 Å². The second kappa shape index (κ2) is 7.68. The molecule has 0 saturated carbocycles. The van der Waals surface area contributed by atoms with Crippen LogP contribution in [0, 0.1) is 0 Å². The van der Waals surface area contributed by atoms with Crippen molar-refractivity contribution in [3.05, 3.63) is 29.6 Å². The smallest absolute Gasteiger partial charge is 0.175 e. The summed E-state index contributed by atoms with van der Waals surface area (Å²) >= 11 is 3.13. The molecule has 1 atom stereocenters. The fourth-order valence-corrected chi connectivity index (χ4v) is 1.88. The molecular weight excluding hydrogens is 306 g/mol. The van der Waals surface area contributed by atoms with Gasteiger partial charge in [0.2, 0.25) is 0 Å². The number of carbonyl (C=O) groups is 1. The molecule has 94 valence electrons. The van der Waals surface area contributed by atoms with Gasteiger partial charge in [0, 0.05) is 34.6 Å². The Morgan fingerprint density at radius 2 is 2.35 bits per heavy atom. The van der Waals surface area contributed by atoms with E-state index in [2.05, 4.69) is 20.9 Å². The van der Waals surface area contributed by atoms with Crippen LogP contribution in [0.5, 0.6) is 0 Å². The summed E-state index contributed by atoms with van der Waals surface area (Å²) in [6, 6.07) is 3.45. The van der Waals surface area contributed by atoms with Crippen LogP contribution in [0.25, 0.3) is 0 Å². The molecule has 1 rings (SSSR count). The SMILES string of the molecule is CS(=O)CCOCc1ncccc1C(=O)CBr. The Morgan fingerprint density at radius 3 is 3.00 bits per heavy atom. The average molecular weight is 320 g/mol. The van der Waals surface area contributed by atoms with Gasteiger partial charge in [-0.2, -0.15) is 0 Å². The van der Waals surface area contributed by atoms with E-state index in [9.17, 15) is 9.00 Å². The lowest BCUT2D eigenvalue weighted by Crippen LogP contribution is -2.10. The van der Waals surface area contributed by atoms with Crippen molar-refractivity contribution in [3.63, 3.8) is 0 Å². The summed E-state index contributed by atoms with van der Waals surface area (Å²) in [7, 11) is -0.859. The molecule has 0 aromatic carbocycles. The van der Waals surface area contributed by atoms with E-state index in [1.165, 1.54) is 0 Å². The number of ether oxygens (including phenoxy) is 1. The molecule has 1 heterocycles. The Morgan fingerprint density at radius 1 is 1.59 bits per heavy atom. The van der Waals surface area contributed by atoms with Crippen molar-refractivity contribution >= 4 is 32.5 Å². The van der Waals surface area contributed by atoms with Crippen LogP contribution in [0.3, 0.4) is 0 Å². The summed E-state index contributed by atoms with van der Waals surface area (Å²) in [5.41, 5.74) is 1.20. The first-order valence-corrected chi connectivity index (χ1v) is 7.91. The topological polar surface area (TPSA) is 56.3 Å². The van der Waals surface area contributed by atoms with Crippen molar-refractivity contribution in [2.75, 3.05) is 23.9 Å². The molecular formula is C11H14BrNO3S. The Bertz CT molecular complexity index is 411. The molecule has 0 fully saturated rings. The first kappa shape index (κ1) is 14.5. The number of alkyl halides is 1. The van der Waals surface area contributed by atoms with Crippen molar-refractivity contribution in [3.8, 4) is 0 Å². The minimum absolute atomic E-state index is 0.0178. The first-order chi connectivity index (χ1) is 8.15. The van der Waals surface area contributed by atoms with Gasteiger partial charge >= 0.3 is 0 Å². The Hall–Kier alpha value is -0.590. The van der Waals surface area contributed by atoms with Crippen molar-refractivity contribution in [1.29, 1.82) is 0 Å². The van der Waals surface area contributed by atoms with Crippen LogP contribution in [-0.2, 0) is 22.1 Å². The van der Waals surface area contributed by atoms with E-state index in [0.717, 1.165) is 0 Å². The van der Waals surface area contributed by atoms with E-state index in [1.807, 2.05) is 0 Å². The number of ketones is 1. The maximum Gasteiger partial charge on any atom is 0.175 e. The van der Waals surface area contributed by atoms with Crippen LogP contribution in [0.15, 0.2) is 18.3 Å². The number of Topliss-reactive ketones (excluding diaryl/α,β-unsaturated/α-hetero) is 1. The second-order valence-corrected chi connectivity index (χ2v) is 5.50. The van der Waals surface area contributed by atoms with E-state index in [1.54, 1.807) is 24.6 Å². The van der Waals surface area contributed by atoms with Crippen molar-refractivity contribution < 1.29 is 13.7 Å². The van der Waals surface area contributed by atoms with E-state index in [4.69, 9.17) is 4.74 Å². The number of hydrogen-bond acceptors (Lipinski definition) is 4. The molecule has 0 N–H and O–H groups in total. The lowest BCUT2D eigenvalue weighted by atomic mass is 10.1. The number of aromatic nitrogens is 1. The number of carbonyl (C=O) groups excluding carboxylic acids is 1. The number of nitrogens with zero attached hydrogens (tertiary/aromatic N) is 1. The highest BCUT2D eigenvalue weighted by Gasteiger charge is 2.10. The Labute approximate surface area is 111 Å². The molecule has 0 radical (unpaired) electrons. The maximum atomic E-state index is 11.6. The third-order valence-electron chi connectivity index (χ3n) is 2.07. The zero-order valence-electron chi connectivity index (χ0n) is 9.52. The van der Waals surface area contributed by atoms with Crippen LogP contribution in [0.1, 0.15) is 16.1 Å². The monoisotopic (exact) mass is 319 g/mol. The molecule has 6 heteroatoms. The quantitative estimate of drug-likeness (QED) is 0.435. The van der Waals surface area contributed by atoms with Gasteiger partial charge in [-0.15, -0.1) is 0 Å². The van der Waals surface area contributed by atoms with Crippen LogP contribution >= 0.6 is 15.9 Å². The molecule has 1 aromatic rings. The van der Waals surface area contributed by atoms with E-state index in [-0.39, 0.29) is 17.7 Å². The standard InChI is InChI=1S/C11H14BrNO3S/c1-17(15)6-5-16-8-10-9(11(14)7-12)3-2-4-13-10/h2-4H,5-8H2,1H3. The molecule has 4 nitrogen and oxygen atoms in total. The number of halogens is 1. The summed E-state index contributed by atoms with van der Waals surface area (Å²) in [6.45, 7) is 0.674. The zero-order chi connectivity index (χ0) is 12.7. The van der Waals surface area contributed by atoms with Crippen LogP contribution < -0.4 is 0 Å². The van der Waals surface area contributed by atoms with Gasteiger partial charge in [-0.25, -0.2) is 0 Å². The molecule has 1 unspecified atom stereocenters. The van der Waals surface area contributed by atoms with Gasteiger partial charge < -0.3 is 4.74 Å². The molecule has 17 heavy (non-hydrogen) atoms. The normalized spacial score (nSPS) is 12.4. The first-order valence-electron chi connectivity index (χ1n) is 5.06. The van der Waals surface area contributed by atoms with Crippen LogP contribution in [0.2, 0.25) is 0 Å². The van der Waals surface area contributed by atoms with Gasteiger partial charge in [-0.1, -0.05) is 15.9 Å². The van der Waals surface area contributed by atoms with Crippen molar-refractivity contribution in [2.24, 2.45) is 0 Å². The van der Waals surface area contributed by atoms with Gasteiger partial charge in [0.25, 0.3) is 0 Å². The van der Waals surface area contributed by atoms with Crippen LogP contribution in [0.4, 0.5) is 0 Å². The molecule has 0 aliphatic heterocycles. The summed E-state index contributed by atoms with van der Waals surface area (Å²) in [4.78, 5) is 15.7. The lowest BCUT2D eigenvalue weighted by Gasteiger charge is -2.06. The fraction of sp³-hybridized carbons (Fsp3) is 0.455. The highest BCUT2D eigenvalue weighted by molar-refractivity contribution is 9.09. The third kappa shape index (κ3) is 5.06. The third-order valence-corrected chi connectivity index (χ3v) is 3.32. The minimum atomic E-state index is -0.859. The zero-order valence-corrected chi connectivity index (χ0v) is 11.9. The largest absolute Gasteiger partial charge is 0.374 e. The summed E-state index contributed by atoms with van der Waals surface area (Å²) in [5, 5.41) is 0.269. The molecule has 1 aromatic heterocycles. The Balaban J connectivity index is 2.58. The highest BCUT2D eigenvalue weighted by atomic mass is 79.9. The predicted octanol–water partition coefficient (Wildman–Crippen LogP) is 1.55. The predicted molar refractivity (Wildman–Crippen MR) is 71.0 cm³/mol. The molecule has 0 aliphatic carbocycles. The number of rotatable bonds is 7. The fourth-order valence-electron chi connectivity index (χ4n) is 1.22. The molecule has 0 saturated heterocycles. The second-order valence-electron chi connectivity index (χ2n) is 3.38. The van der Waals surface area contributed by atoms with Crippen molar-refractivity contribution in [1.82, 2.24) is 4.98 Å². The highest BCUT2D eigenvalue weighted by Crippen LogP contribution is 2.09. The molecule has 0 amide bonds. The van der Waals surface area contributed by atoms with E-state index < -0.39 is 10.8 Å². The lowest BCUT2D eigenvalue weighted by molar-refractivity contribution is 0.101. The summed E-state index contributed by atoms with van der Waals surface area (Å²) < 4.78 is 16.2. The van der Waals surface area contributed by atoms with E-state index in [0.29, 0.717) is 23.6 Å². The van der Waals surface area contributed by atoms with Crippen molar-refractivity contribution in [2.45, 2.75) is 6.61 Å².